The summed E-state index contributed by atoms with van der Waals surface area (Å²) in [5, 5.41) is 8.36. The van der Waals surface area contributed by atoms with E-state index in [1.807, 2.05) is 61.5 Å². The lowest BCUT2D eigenvalue weighted by molar-refractivity contribution is 0.481. The summed E-state index contributed by atoms with van der Waals surface area (Å²) in [6.07, 6.45) is -0.718. The van der Waals surface area contributed by atoms with Gasteiger partial charge in [0.15, 0.2) is 0 Å². The third kappa shape index (κ3) is 3.47. The highest BCUT2D eigenvalue weighted by Gasteiger charge is 2.25. The molecule has 136 valence electrons. The maximum Gasteiger partial charge on any atom is 0.242 e. The van der Waals surface area contributed by atoms with Crippen LogP contribution in [0.2, 0.25) is 0 Å². The van der Waals surface area contributed by atoms with Crippen LogP contribution in [-0.4, -0.2) is 23.4 Å². The van der Waals surface area contributed by atoms with E-state index in [9.17, 15) is 8.42 Å². The lowest BCUT2D eigenvalue weighted by Crippen LogP contribution is -2.34. The summed E-state index contributed by atoms with van der Waals surface area (Å²) in [7, 11) is -3.76. The molecule has 3 aromatic carbocycles. The summed E-state index contributed by atoms with van der Waals surface area (Å²) in [5.74, 6) is 0. The van der Waals surface area contributed by atoms with Gasteiger partial charge in [0.05, 0.1) is 10.4 Å². The standard InChI is InChI=1S/C20H18N4O2S/c1-15-11-13-17(14-12-15)27(25,26)22-20(16-7-3-2-4-8-16)24-19-10-6-5-9-18(19)21-23-24/h2-14,20,22H,1H3. The maximum atomic E-state index is 13.0. The first-order chi connectivity index (χ1) is 13.0. The van der Waals surface area contributed by atoms with Gasteiger partial charge in [-0.1, -0.05) is 65.4 Å². The number of nitrogens with one attached hydrogen (secondary N) is 1. The van der Waals surface area contributed by atoms with Crippen LogP contribution in [0.4, 0.5) is 0 Å². The van der Waals surface area contributed by atoms with Crippen LogP contribution < -0.4 is 4.72 Å². The Bertz CT molecular complexity index is 1170. The molecule has 0 spiro atoms. The molecule has 1 atom stereocenters. The van der Waals surface area contributed by atoms with Gasteiger partial charge in [-0.25, -0.2) is 13.1 Å². The van der Waals surface area contributed by atoms with Gasteiger partial charge in [0.1, 0.15) is 11.7 Å². The highest BCUT2D eigenvalue weighted by Crippen LogP contribution is 2.22. The zero-order valence-electron chi connectivity index (χ0n) is 14.6. The van der Waals surface area contributed by atoms with Crippen molar-refractivity contribution in [1.82, 2.24) is 19.7 Å². The molecule has 0 bridgehead atoms. The summed E-state index contributed by atoms with van der Waals surface area (Å²) in [6.45, 7) is 1.91. The molecule has 6 nitrogen and oxygen atoms in total. The first kappa shape index (κ1) is 17.4. The average Bonchev–Trinajstić information content (AvgIpc) is 3.11. The first-order valence-electron chi connectivity index (χ1n) is 8.48. The molecule has 1 N–H and O–H groups in total. The quantitative estimate of drug-likeness (QED) is 0.578. The predicted molar refractivity (Wildman–Crippen MR) is 104 cm³/mol. The normalized spacial score (nSPS) is 12.9. The molecule has 0 saturated carbocycles. The van der Waals surface area contributed by atoms with E-state index in [0.717, 1.165) is 16.6 Å². The van der Waals surface area contributed by atoms with Crippen LogP contribution in [-0.2, 0) is 10.0 Å². The molecule has 0 fully saturated rings. The van der Waals surface area contributed by atoms with E-state index in [1.165, 1.54) is 0 Å². The number of sulfonamides is 1. The fourth-order valence-corrected chi connectivity index (χ4v) is 4.06. The smallest absolute Gasteiger partial charge is 0.222 e. The summed E-state index contributed by atoms with van der Waals surface area (Å²) in [4.78, 5) is 0.207. The molecular weight excluding hydrogens is 360 g/mol. The molecule has 0 aliphatic rings. The van der Waals surface area contributed by atoms with E-state index in [4.69, 9.17) is 0 Å². The van der Waals surface area contributed by atoms with Crippen LogP contribution >= 0.6 is 0 Å². The van der Waals surface area contributed by atoms with Crippen molar-refractivity contribution < 1.29 is 8.42 Å². The molecule has 4 aromatic rings. The number of hydrogen-bond acceptors (Lipinski definition) is 4. The van der Waals surface area contributed by atoms with E-state index in [0.29, 0.717) is 5.52 Å². The number of hydrogen-bond donors (Lipinski definition) is 1. The second-order valence-corrected chi connectivity index (χ2v) is 7.98. The zero-order valence-corrected chi connectivity index (χ0v) is 15.5. The molecule has 1 aromatic heterocycles. The number of para-hydroxylation sites is 1. The van der Waals surface area contributed by atoms with Gasteiger partial charge in [-0.05, 0) is 36.8 Å². The average molecular weight is 378 g/mol. The lowest BCUT2D eigenvalue weighted by Gasteiger charge is -2.20. The van der Waals surface area contributed by atoms with Gasteiger partial charge in [0.2, 0.25) is 10.0 Å². The van der Waals surface area contributed by atoms with Crippen LogP contribution in [0.3, 0.4) is 0 Å². The number of fused-ring (bicyclic) bond motifs is 1. The van der Waals surface area contributed by atoms with Gasteiger partial charge in [0.25, 0.3) is 0 Å². The molecule has 0 aliphatic carbocycles. The van der Waals surface area contributed by atoms with E-state index in [1.54, 1.807) is 28.9 Å². The molecule has 1 unspecified atom stereocenters. The highest BCUT2D eigenvalue weighted by atomic mass is 32.2. The molecular formula is C20H18N4O2S. The van der Waals surface area contributed by atoms with Crippen LogP contribution in [0.15, 0.2) is 83.8 Å². The molecule has 27 heavy (non-hydrogen) atoms. The van der Waals surface area contributed by atoms with E-state index in [-0.39, 0.29) is 4.90 Å². The summed E-state index contributed by atoms with van der Waals surface area (Å²) in [6, 6.07) is 23.5. The molecule has 4 rings (SSSR count). The molecule has 0 amide bonds. The fourth-order valence-electron chi connectivity index (χ4n) is 2.90. The Hall–Kier alpha value is -3.03. The van der Waals surface area contributed by atoms with Crippen LogP contribution in [0.25, 0.3) is 11.0 Å². The Kier molecular flexibility index (Phi) is 4.47. The largest absolute Gasteiger partial charge is 0.242 e. The van der Waals surface area contributed by atoms with Gasteiger partial charge in [-0.15, -0.1) is 5.10 Å². The van der Waals surface area contributed by atoms with Crippen molar-refractivity contribution in [2.45, 2.75) is 18.0 Å². The van der Waals surface area contributed by atoms with Crippen molar-refractivity contribution in [3.8, 4) is 0 Å². The van der Waals surface area contributed by atoms with Crippen LogP contribution in [0.5, 0.6) is 0 Å². The van der Waals surface area contributed by atoms with Crippen molar-refractivity contribution in [2.24, 2.45) is 0 Å². The number of benzene rings is 3. The molecule has 7 heteroatoms. The number of aromatic nitrogens is 3. The third-order valence-corrected chi connectivity index (χ3v) is 5.76. The lowest BCUT2D eigenvalue weighted by atomic mass is 10.2. The van der Waals surface area contributed by atoms with Crippen LogP contribution in [0, 0.1) is 6.92 Å². The first-order valence-corrected chi connectivity index (χ1v) is 9.97. The molecule has 0 radical (unpaired) electrons. The molecule has 1 heterocycles. The summed E-state index contributed by atoms with van der Waals surface area (Å²) >= 11 is 0. The monoisotopic (exact) mass is 378 g/mol. The van der Waals surface area contributed by atoms with Gasteiger partial charge in [-0.3, -0.25) is 0 Å². The van der Waals surface area contributed by atoms with E-state index in [2.05, 4.69) is 15.0 Å². The Balaban J connectivity index is 1.81. The van der Waals surface area contributed by atoms with Gasteiger partial charge in [-0.2, -0.15) is 4.72 Å². The fraction of sp³-hybridized carbons (Fsp3) is 0.100. The van der Waals surface area contributed by atoms with Gasteiger partial charge in [0, 0.05) is 0 Å². The number of nitrogens with zero attached hydrogens (tertiary/aromatic N) is 3. The Labute approximate surface area is 157 Å². The SMILES string of the molecule is Cc1ccc(S(=O)(=O)NC(c2ccccc2)n2nnc3ccccc32)cc1. The number of aryl methyl sites for hydroxylation is 1. The minimum atomic E-state index is -3.76. The minimum Gasteiger partial charge on any atom is -0.222 e. The summed E-state index contributed by atoms with van der Waals surface area (Å²) in [5.41, 5.74) is 3.21. The van der Waals surface area contributed by atoms with Gasteiger partial charge < -0.3 is 0 Å². The molecule has 0 saturated heterocycles. The Morgan fingerprint density at radius 2 is 1.56 bits per heavy atom. The van der Waals surface area contributed by atoms with Crippen LogP contribution in [0.1, 0.15) is 17.3 Å². The second kappa shape index (κ2) is 6.94. The van der Waals surface area contributed by atoms with Gasteiger partial charge >= 0.3 is 0 Å². The number of rotatable bonds is 5. The Morgan fingerprint density at radius 3 is 2.30 bits per heavy atom. The van der Waals surface area contributed by atoms with Crippen molar-refractivity contribution in [2.75, 3.05) is 0 Å². The van der Waals surface area contributed by atoms with E-state index >= 15 is 0 Å². The predicted octanol–water partition coefficient (Wildman–Crippen LogP) is 3.27. The highest BCUT2D eigenvalue weighted by molar-refractivity contribution is 7.89. The molecule has 0 aliphatic heterocycles. The Morgan fingerprint density at radius 1 is 0.889 bits per heavy atom. The topological polar surface area (TPSA) is 76.9 Å². The zero-order chi connectivity index (χ0) is 18.9. The van der Waals surface area contributed by atoms with Crippen molar-refractivity contribution >= 4 is 21.1 Å². The maximum absolute atomic E-state index is 13.0. The van der Waals surface area contributed by atoms with Crippen molar-refractivity contribution in [3.63, 3.8) is 0 Å². The third-order valence-electron chi connectivity index (χ3n) is 4.34. The van der Waals surface area contributed by atoms with Crippen molar-refractivity contribution in [3.05, 3.63) is 90.0 Å². The van der Waals surface area contributed by atoms with Crippen molar-refractivity contribution in [1.29, 1.82) is 0 Å². The second-order valence-electron chi connectivity index (χ2n) is 6.27. The minimum absolute atomic E-state index is 0.207. The summed E-state index contributed by atoms with van der Waals surface area (Å²) < 4.78 is 30.3. The van der Waals surface area contributed by atoms with E-state index < -0.39 is 16.2 Å².